The van der Waals surface area contributed by atoms with Gasteiger partial charge in [-0.25, -0.2) is 0 Å². The molecule has 1 aromatic carbocycles. The molecule has 0 aliphatic heterocycles. The molecule has 0 aliphatic rings. The van der Waals surface area contributed by atoms with Gasteiger partial charge in [0.1, 0.15) is 5.75 Å². The normalized spacial score (nSPS) is 9.29. The van der Waals surface area contributed by atoms with Crippen molar-refractivity contribution in [3.8, 4) is 5.75 Å². The van der Waals surface area contributed by atoms with E-state index in [1.807, 2.05) is 38.2 Å². The Balaban J connectivity index is 0.00000256. The fraction of sp³-hybridized carbons (Fsp3) is 0.417. The summed E-state index contributed by atoms with van der Waals surface area (Å²) in [6.45, 7) is 3.23. The van der Waals surface area contributed by atoms with Crippen molar-refractivity contribution < 1.29 is 9.53 Å². The molecule has 0 aliphatic carbocycles. The van der Waals surface area contributed by atoms with Crippen LogP contribution in [0.3, 0.4) is 0 Å². The number of carbonyl (C=O) groups is 1. The summed E-state index contributed by atoms with van der Waals surface area (Å²) < 4.78 is 5.35. The molecule has 0 bridgehead atoms. The van der Waals surface area contributed by atoms with Crippen molar-refractivity contribution in [1.29, 1.82) is 0 Å². The standard InChI is InChI=1S/C12H18N2O2.ClH/c1-3-16-11-6-4-5-10(9-11)14-12(15)7-8-13-2;/h4-6,9,13H,3,7-8H2,1-2H3,(H,14,15);1H. The smallest absolute Gasteiger partial charge is 0.225 e. The molecule has 5 heteroatoms. The number of hydrogen-bond donors (Lipinski definition) is 2. The van der Waals surface area contributed by atoms with Gasteiger partial charge in [0.25, 0.3) is 0 Å². The number of hydrogen-bond acceptors (Lipinski definition) is 3. The molecule has 1 amide bonds. The first-order chi connectivity index (χ1) is 7.76. The average molecular weight is 259 g/mol. The van der Waals surface area contributed by atoms with E-state index in [1.54, 1.807) is 0 Å². The lowest BCUT2D eigenvalue weighted by molar-refractivity contribution is -0.116. The van der Waals surface area contributed by atoms with Crippen LogP contribution in [0.1, 0.15) is 13.3 Å². The summed E-state index contributed by atoms with van der Waals surface area (Å²) in [6, 6.07) is 7.39. The molecule has 0 atom stereocenters. The van der Waals surface area contributed by atoms with Crippen molar-refractivity contribution in [3.63, 3.8) is 0 Å². The summed E-state index contributed by atoms with van der Waals surface area (Å²) in [6.07, 6.45) is 0.468. The Morgan fingerprint density at radius 1 is 1.41 bits per heavy atom. The summed E-state index contributed by atoms with van der Waals surface area (Å²) >= 11 is 0. The number of halogens is 1. The SMILES string of the molecule is CCOc1cccc(NC(=O)CCNC)c1.Cl. The van der Waals surface area contributed by atoms with Crippen LogP contribution in [0.4, 0.5) is 5.69 Å². The Hall–Kier alpha value is -1.26. The monoisotopic (exact) mass is 258 g/mol. The van der Waals surface area contributed by atoms with E-state index < -0.39 is 0 Å². The van der Waals surface area contributed by atoms with E-state index in [0.717, 1.165) is 11.4 Å². The lowest BCUT2D eigenvalue weighted by Gasteiger charge is -2.07. The number of amides is 1. The molecule has 0 saturated carbocycles. The van der Waals surface area contributed by atoms with Gasteiger partial charge in [0.2, 0.25) is 5.91 Å². The van der Waals surface area contributed by atoms with Gasteiger partial charge in [-0.3, -0.25) is 4.79 Å². The van der Waals surface area contributed by atoms with Gasteiger partial charge in [-0.15, -0.1) is 12.4 Å². The highest BCUT2D eigenvalue weighted by molar-refractivity contribution is 5.90. The molecule has 0 aromatic heterocycles. The second-order valence-corrected chi connectivity index (χ2v) is 3.36. The molecular formula is C12H19ClN2O2. The number of rotatable bonds is 6. The summed E-state index contributed by atoms with van der Waals surface area (Å²) in [4.78, 5) is 11.4. The van der Waals surface area contributed by atoms with Crippen molar-refractivity contribution in [2.75, 3.05) is 25.5 Å². The fourth-order valence-electron chi connectivity index (χ4n) is 1.29. The Morgan fingerprint density at radius 3 is 2.82 bits per heavy atom. The van der Waals surface area contributed by atoms with Crippen LogP contribution in [0, 0.1) is 0 Å². The largest absolute Gasteiger partial charge is 0.494 e. The minimum atomic E-state index is 0. The van der Waals surface area contributed by atoms with Crippen LogP contribution in [0.5, 0.6) is 5.75 Å². The second-order valence-electron chi connectivity index (χ2n) is 3.36. The van der Waals surface area contributed by atoms with Gasteiger partial charge in [-0.05, 0) is 26.1 Å². The van der Waals surface area contributed by atoms with Crippen molar-refractivity contribution in [1.82, 2.24) is 5.32 Å². The van der Waals surface area contributed by atoms with Gasteiger partial charge in [0.05, 0.1) is 6.61 Å². The van der Waals surface area contributed by atoms with E-state index in [2.05, 4.69) is 10.6 Å². The second kappa shape index (κ2) is 8.84. The molecule has 0 heterocycles. The molecule has 0 saturated heterocycles. The molecule has 96 valence electrons. The molecule has 0 unspecified atom stereocenters. The Morgan fingerprint density at radius 2 is 2.18 bits per heavy atom. The Labute approximate surface area is 108 Å². The maximum atomic E-state index is 11.4. The first-order valence-electron chi connectivity index (χ1n) is 5.43. The van der Waals surface area contributed by atoms with Crippen molar-refractivity contribution >= 4 is 24.0 Å². The summed E-state index contributed by atoms with van der Waals surface area (Å²) in [5, 5.41) is 5.75. The number of carbonyl (C=O) groups excluding carboxylic acids is 1. The third-order valence-corrected chi connectivity index (χ3v) is 2.03. The molecule has 17 heavy (non-hydrogen) atoms. The first kappa shape index (κ1) is 15.7. The highest BCUT2D eigenvalue weighted by Crippen LogP contribution is 2.17. The van der Waals surface area contributed by atoms with Crippen LogP contribution >= 0.6 is 12.4 Å². The quantitative estimate of drug-likeness (QED) is 0.821. The predicted molar refractivity (Wildman–Crippen MR) is 72.0 cm³/mol. The molecule has 4 nitrogen and oxygen atoms in total. The van der Waals surface area contributed by atoms with Crippen molar-refractivity contribution in [2.24, 2.45) is 0 Å². The van der Waals surface area contributed by atoms with Crippen molar-refractivity contribution in [2.45, 2.75) is 13.3 Å². The minimum Gasteiger partial charge on any atom is -0.494 e. The maximum absolute atomic E-state index is 11.4. The van der Waals surface area contributed by atoms with E-state index in [9.17, 15) is 4.79 Å². The van der Waals surface area contributed by atoms with Crippen LogP contribution in [0.15, 0.2) is 24.3 Å². The predicted octanol–water partition coefficient (Wildman–Crippen LogP) is 2.06. The first-order valence-corrected chi connectivity index (χ1v) is 5.43. The number of benzene rings is 1. The average Bonchev–Trinajstić information content (AvgIpc) is 2.27. The topological polar surface area (TPSA) is 50.4 Å². The van der Waals surface area contributed by atoms with Gasteiger partial charge >= 0.3 is 0 Å². The van der Waals surface area contributed by atoms with E-state index in [0.29, 0.717) is 19.6 Å². The zero-order chi connectivity index (χ0) is 11.8. The molecule has 1 rings (SSSR count). The van der Waals surface area contributed by atoms with E-state index >= 15 is 0 Å². The number of nitrogens with one attached hydrogen (secondary N) is 2. The van der Waals surface area contributed by atoms with E-state index in [1.165, 1.54) is 0 Å². The van der Waals surface area contributed by atoms with Crippen LogP contribution < -0.4 is 15.4 Å². The summed E-state index contributed by atoms with van der Waals surface area (Å²) in [5.41, 5.74) is 0.770. The summed E-state index contributed by atoms with van der Waals surface area (Å²) in [5.74, 6) is 0.775. The maximum Gasteiger partial charge on any atom is 0.225 e. The van der Waals surface area contributed by atoms with Crippen LogP contribution in [0.2, 0.25) is 0 Å². The van der Waals surface area contributed by atoms with Gasteiger partial charge < -0.3 is 15.4 Å². The third-order valence-electron chi connectivity index (χ3n) is 2.03. The Bertz CT molecular complexity index is 345. The fourth-order valence-corrected chi connectivity index (χ4v) is 1.29. The number of anilines is 1. The highest BCUT2D eigenvalue weighted by Gasteiger charge is 2.02. The minimum absolute atomic E-state index is 0. The van der Waals surface area contributed by atoms with Crippen LogP contribution in [0.25, 0.3) is 0 Å². The van der Waals surface area contributed by atoms with E-state index in [-0.39, 0.29) is 18.3 Å². The summed E-state index contributed by atoms with van der Waals surface area (Å²) in [7, 11) is 1.82. The number of ether oxygens (including phenoxy) is 1. The van der Waals surface area contributed by atoms with Crippen LogP contribution in [-0.4, -0.2) is 26.1 Å². The molecule has 0 spiro atoms. The molecule has 1 aromatic rings. The van der Waals surface area contributed by atoms with Gasteiger partial charge in [0, 0.05) is 24.7 Å². The zero-order valence-corrected chi connectivity index (χ0v) is 11.0. The lowest BCUT2D eigenvalue weighted by Crippen LogP contribution is -2.18. The lowest BCUT2D eigenvalue weighted by atomic mass is 10.3. The molecule has 0 radical (unpaired) electrons. The molecular weight excluding hydrogens is 240 g/mol. The molecule has 0 fully saturated rings. The van der Waals surface area contributed by atoms with E-state index in [4.69, 9.17) is 4.74 Å². The Kier molecular flexibility index (Phi) is 8.19. The third kappa shape index (κ3) is 6.14. The van der Waals surface area contributed by atoms with Crippen molar-refractivity contribution in [3.05, 3.63) is 24.3 Å². The van der Waals surface area contributed by atoms with Gasteiger partial charge in [-0.1, -0.05) is 6.07 Å². The highest BCUT2D eigenvalue weighted by atomic mass is 35.5. The zero-order valence-electron chi connectivity index (χ0n) is 10.2. The van der Waals surface area contributed by atoms with Gasteiger partial charge in [0.15, 0.2) is 0 Å². The van der Waals surface area contributed by atoms with Crippen LogP contribution in [-0.2, 0) is 4.79 Å². The van der Waals surface area contributed by atoms with Gasteiger partial charge in [-0.2, -0.15) is 0 Å². The molecule has 2 N–H and O–H groups in total.